The van der Waals surface area contributed by atoms with Crippen molar-refractivity contribution in [1.82, 2.24) is 9.55 Å². The number of para-hydroxylation sites is 1. The number of nitrogens with zero attached hydrogens (tertiary/aromatic N) is 2. The van der Waals surface area contributed by atoms with Gasteiger partial charge in [0.05, 0.1) is 16.2 Å². The van der Waals surface area contributed by atoms with Crippen molar-refractivity contribution in [3.05, 3.63) is 63.4 Å². The van der Waals surface area contributed by atoms with Crippen molar-refractivity contribution in [1.29, 1.82) is 0 Å². The van der Waals surface area contributed by atoms with Gasteiger partial charge in [-0.2, -0.15) is 0 Å². The predicted octanol–water partition coefficient (Wildman–Crippen LogP) is 4.70. The van der Waals surface area contributed by atoms with Crippen LogP contribution < -0.4 is 10.9 Å². The van der Waals surface area contributed by atoms with Gasteiger partial charge >= 0.3 is 0 Å². The molecule has 1 heterocycles. The van der Waals surface area contributed by atoms with E-state index in [-0.39, 0.29) is 11.5 Å². The van der Waals surface area contributed by atoms with Crippen molar-refractivity contribution in [3.8, 4) is 0 Å². The molecule has 3 rings (SSSR count). The smallest absolute Gasteiger partial charge is 0.262 e. The second kappa shape index (κ2) is 10.7. The second-order valence-corrected chi connectivity index (χ2v) is 8.90. The average molecular weight is 490 g/mol. The third-order valence-electron chi connectivity index (χ3n) is 4.45. The van der Waals surface area contributed by atoms with Crippen molar-refractivity contribution >= 4 is 50.2 Å². The van der Waals surface area contributed by atoms with Gasteiger partial charge in [0.25, 0.3) is 5.56 Å². The van der Waals surface area contributed by atoms with E-state index < -0.39 is 5.25 Å². The summed E-state index contributed by atoms with van der Waals surface area (Å²) < 4.78 is 7.88. The predicted molar refractivity (Wildman–Crippen MR) is 125 cm³/mol. The second-order valence-electron chi connectivity index (χ2n) is 6.68. The summed E-state index contributed by atoms with van der Waals surface area (Å²) in [6, 6.07) is 14.8. The topological polar surface area (TPSA) is 73.2 Å². The number of rotatable bonds is 9. The number of aromatic nitrogens is 2. The van der Waals surface area contributed by atoms with Crippen LogP contribution in [0.5, 0.6) is 0 Å². The van der Waals surface area contributed by atoms with E-state index in [1.54, 1.807) is 10.6 Å². The maximum Gasteiger partial charge on any atom is 0.262 e. The number of halogens is 1. The van der Waals surface area contributed by atoms with Crippen LogP contribution in [0.2, 0.25) is 0 Å². The van der Waals surface area contributed by atoms with Gasteiger partial charge in [0.15, 0.2) is 5.16 Å². The number of ether oxygens (including phenoxy) is 1. The fourth-order valence-corrected chi connectivity index (χ4v) is 4.20. The van der Waals surface area contributed by atoms with E-state index in [9.17, 15) is 9.59 Å². The van der Waals surface area contributed by atoms with Gasteiger partial charge in [0, 0.05) is 29.9 Å². The molecule has 0 aliphatic heterocycles. The van der Waals surface area contributed by atoms with Gasteiger partial charge in [-0.25, -0.2) is 4.98 Å². The maximum absolute atomic E-state index is 13.2. The third-order valence-corrected chi connectivity index (χ3v) is 6.03. The average Bonchev–Trinajstić information content (AvgIpc) is 2.74. The van der Waals surface area contributed by atoms with Crippen molar-refractivity contribution in [2.24, 2.45) is 0 Å². The lowest BCUT2D eigenvalue weighted by Gasteiger charge is -2.16. The minimum absolute atomic E-state index is 0.115. The normalized spacial score (nSPS) is 12.1. The van der Waals surface area contributed by atoms with E-state index in [2.05, 4.69) is 26.2 Å². The Morgan fingerprint density at radius 3 is 2.77 bits per heavy atom. The van der Waals surface area contributed by atoms with Gasteiger partial charge in [-0.1, -0.05) is 45.9 Å². The van der Waals surface area contributed by atoms with Crippen LogP contribution in [0.25, 0.3) is 10.9 Å². The van der Waals surface area contributed by atoms with Crippen molar-refractivity contribution < 1.29 is 9.53 Å². The van der Waals surface area contributed by atoms with E-state index in [4.69, 9.17) is 4.74 Å². The molecule has 1 aromatic heterocycles. The molecule has 0 saturated heterocycles. The summed E-state index contributed by atoms with van der Waals surface area (Å²) in [6.07, 6.45) is 0.688. The minimum atomic E-state index is -0.428. The minimum Gasteiger partial charge on any atom is -0.382 e. The summed E-state index contributed by atoms with van der Waals surface area (Å²) in [5, 5.41) is 3.55. The van der Waals surface area contributed by atoms with Crippen LogP contribution in [0.1, 0.15) is 20.3 Å². The Labute approximate surface area is 188 Å². The number of thioether (sulfide) groups is 1. The lowest BCUT2D eigenvalue weighted by atomic mass is 10.2. The molecule has 30 heavy (non-hydrogen) atoms. The summed E-state index contributed by atoms with van der Waals surface area (Å²) in [6.45, 7) is 5.42. The number of carbonyl (C=O) groups excluding carboxylic acids is 1. The van der Waals surface area contributed by atoms with Gasteiger partial charge in [0.1, 0.15) is 0 Å². The molecule has 1 unspecified atom stereocenters. The number of benzene rings is 2. The first-order valence-corrected chi connectivity index (χ1v) is 11.5. The Balaban J connectivity index is 1.87. The van der Waals surface area contributed by atoms with E-state index in [0.29, 0.717) is 42.2 Å². The number of hydrogen-bond acceptors (Lipinski definition) is 5. The van der Waals surface area contributed by atoms with Gasteiger partial charge < -0.3 is 10.1 Å². The summed E-state index contributed by atoms with van der Waals surface area (Å²) in [4.78, 5) is 30.5. The molecule has 0 saturated carbocycles. The Morgan fingerprint density at radius 1 is 1.27 bits per heavy atom. The van der Waals surface area contributed by atoms with Gasteiger partial charge in [-0.05, 0) is 50.6 Å². The van der Waals surface area contributed by atoms with Gasteiger partial charge in [-0.3, -0.25) is 14.2 Å². The standard InChI is InChI=1S/C22H24BrN3O3S/c1-3-29-13-7-12-26-21(28)18-14-16(23)10-11-19(18)25-22(26)30-15(2)20(27)24-17-8-5-4-6-9-17/h4-6,8-11,14-15H,3,7,12-13H2,1-2H3,(H,24,27). The lowest BCUT2D eigenvalue weighted by Crippen LogP contribution is -2.27. The molecular formula is C22H24BrN3O3S. The first-order valence-electron chi connectivity index (χ1n) is 9.80. The highest BCUT2D eigenvalue weighted by Crippen LogP contribution is 2.25. The molecule has 2 aromatic carbocycles. The maximum atomic E-state index is 13.2. The molecule has 0 radical (unpaired) electrons. The Kier molecular flexibility index (Phi) is 8.07. The molecule has 0 fully saturated rings. The number of nitrogens with one attached hydrogen (secondary N) is 1. The van der Waals surface area contributed by atoms with E-state index in [1.807, 2.05) is 56.3 Å². The molecule has 8 heteroatoms. The van der Waals surface area contributed by atoms with Crippen molar-refractivity contribution in [2.45, 2.75) is 37.2 Å². The molecule has 6 nitrogen and oxygen atoms in total. The van der Waals surface area contributed by atoms with Crippen molar-refractivity contribution in [3.63, 3.8) is 0 Å². The molecule has 0 bridgehead atoms. The number of amides is 1. The fourth-order valence-electron chi connectivity index (χ4n) is 2.91. The number of fused-ring (bicyclic) bond motifs is 1. The zero-order valence-electron chi connectivity index (χ0n) is 16.9. The molecule has 0 spiro atoms. The highest BCUT2D eigenvalue weighted by molar-refractivity contribution is 9.10. The zero-order chi connectivity index (χ0) is 21.5. The molecule has 1 N–H and O–H groups in total. The van der Waals surface area contributed by atoms with Gasteiger partial charge in [0.2, 0.25) is 5.91 Å². The first kappa shape index (κ1) is 22.5. The van der Waals surface area contributed by atoms with E-state index in [1.165, 1.54) is 11.8 Å². The molecular weight excluding hydrogens is 466 g/mol. The van der Waals surface area contributed by atoms with Crippen LogP contribution >= 0.6 is 27.7 Å². The molecule has 1 atom stereocenters. The highest BCUT2D eigenvalue weighted by Gasteiger charge is 2.19. The summed E-state index contributed by atoms with van der Waals surface area (Å²) in [5.41, 5.74) is 1.23. The Bertz CT molecular complexity index is 1070. The number of carbonyl (C=O) groups is 1. The van der Waals surface area contributed by atoms with Crippen LogP contribution in [0.3, 0.4) is 0 Å². The summed E-state index contributed by atoms with van der Waals surface area (Å²) in [5.74, 6) is -0.141. The fraction of sp³-hybridized carbons (Fsp3) is 0.318. The monoisotopic (exact) mass is 489 g/mol. The Hall–Kier alpha value is -2.16. The third kappa shape index (κ3) is 5.71. The first-order chi connectivity index (χ1) is 14.5. The Morgan fingerprint density at radius 2 is 2.03 bits per heavy atom. The molecule has 158 valence electrons. The van der Waals surface area contributed by atoms with Crippen LogP contribution in [-0.4, -0.2) is 33.9 Å². The van der Waals surface area contributed by atoms with Crippen molar-refractivity contribution in [2.75, 3.05) is 18.5 Å². The SMILES string of the molecule is CCOCCCn1c(SC(C)C(=O)Nc2ccccc2)nc2ccc(Br)cc2c1=O. The quantitative estimate of drug-likeness (QED) is 0.267. The van der Waals surface area contributed by atoms with Crippen LogP contribution in [0.4, 0.5) is 5.69 Å². The molecule has 1 amide bonds. The number of hydrogen-bond donors (Lipinski definition) is 1. The summed E-state index contributed by atoms with van der Waals surface area (Å²) >= 11 is 4.70. The highest BCUT2D eigenvalue weighted by atomic mass is 79.9. The molecule has 0 aliphatic carbocycles. The van der Waals surface area contributed by atoms with E-state index in [0.717, 1.165) is 10.2 Å². The number of anilines is 1. The zero-order valence-corrected chi connectivity index (χ0v) is 19.3. The van der Waals surface area contributed by atoms with Crippen LogP contribution in [0.15, 0.2) is 63.0 Å². The largest absolute Gasteiger partial charge is 0.382 e. The molecule has 0 aliphatic rings. The lowest BCUT2D eigenvalue weighted by molar-refractivity contribution is -0.115. The van der Waals surface area contributed by atoms with Crippen LogP contribution in [-0.2, 0) is 16.1 Å². The van der Waals surface area contributed by atoms with Crippen LogP contribution in [0, 0.1) is 0 Å². The van der Waals surface area contributed by atoms with E-state index >= 15 is 0 Å². The summed E-state index contributed by atoms with van der Waals surface area (Å²) in [7, 11) is 0. The molecule has 3 aromatic rings. The van der Waals surface area contributed by atoms with Gasteiger partial charge in [-0.15, -0.1) is 0 Å².